The fraction of sp³-hybridized carbons (Fsp3) is 0.516. The Hall–Kier alpha value is -7.35. The van der Waals surface area contributed by atoms with Gasteiger partial charge in [-0.25, -0.2) is 9.71 Å². The topological polar surface area (TPSA) is 244 Å². The summed E-state index contributed by atoms with van der Waals surface area (Å²) in [6.07, 6.45) is 9.62. The molecule has 6 aromatic rings. The van der Waals surface area contributed by atoms with Gasteiger partial charge in [0, 0.05) is 101 Å². The maximum atomic E-state index is 14.9. The number of H-pyrrole nitrogens is 1. The molecule has 86 heavy (non-hydrogen) atoms. The number of ether oxygens (including phenoxy) is 6. The molecule has 7 aliphatic heterocycles. The number of anilines is 5. The fourth-order valence-electron chi connectivity index (χ4n) is 14.8. The molecule has 1 saturated carbocycles. The van der Waals surface area contributed by atoms with Crippen LogP contribution in [0.25, 0.3) is 11.0 Å². The summed E-state index contributed by atoms with van der Waals surface area (Å²) in [7, 11) is -3.10. The van der Waals surface area contributed by atoms with Crippen LogP contribution in [-0.4, -0.2) is 172 Å². The number of nitro groups is 1. The number of aromatic amines is 1. The second-order valence-electron chi connectivity index (χ2n) is 24.6. The van der Waals surface area contributed by atoms with Crippen molar-refractivity contribution in [2.75, 3.05) is 113 Å². The van der Waals surface area contributed by atoms with Gasteiger partial charge in [0.05, 0.1) is 67.3 Å². The van der Waals surface area contributed by atoms with Crippen molar-refractivity contribution >= 4 is 61.2 Å². The van der Waals surface area contributed by atoms with Gasteiger partial charge in [-0.3, -0.25) is 24.7 Å². The number of aryl methyl sites for hydroxylation is 1. The maximum Gasteiger partial charge on any atom is 0.300 e. The quantitative estimate of drug-likeness (QED) is 0.0748. The van der Waals surface area contributed by atoms with E-state index in [-0.39, 0.29) is 65.8 Å². The number of methoxy groups -OCH3 is 1. The van der Waals surface area contributed by atoms with Crippen molar-refractivity contribution in [3.05, 3.63) is 111 Å². The first-order valence-corrected chi connectivity index (χ1v) is 31.8. The second-order valence-corrected chi connectivity index (χ2v) is 26.3. The number of fused-ring (bicyclic) bond motifs is 4. The monoisotopic (exact) mass is 1190 g/mol. The molecular formula is C62H74N12O11S. The Kier molecular flexibility index (Phi) is 15.1. The van der Waals surface area contributed by atoms with Gasteiger partial charge in [0.25, 0.3) is 15.9 Å². The number of piperazine rings is 1. The first-order chi connectivity index (χ1) is 41.8. The van der Waals surface area contributed by atoms with Crippen LogP contribution in [0.15, 0.2) is 84.1 Å². The van der Waals surface area contributed by atoms with Gasteiger partial charge in [-0.05, 0) is 123 Å². The van der Waals surface area contributed by atoms with Crippen LogP contribution in [0.4, 0.5) is 34.3 Å². The number of sulfonamides is 1. The predicted octanol–water partition coefficient (Wildman–Crippen LogP) is 7.52. The highest BCUT2D eigenvalue weighted by molar-refractivity contribution is 7.90. The smallest absolute Gasteiger partial charge is 0.300 e. The number of aromatic nitrogens is 4. The summed E-state index contributed by atoms with van der Waals surface area (Å²) in [5.74, 6) is 0.984. The highest BCUT2D eigenvalue weighted by atomic mass is 32.2. The Bertz CT molecular complexity index is 3660. The number of morpholine rings is 1. The van der Waals surface area contributed by atoms with E-state index in [2.05, 4.69) is 88.7 Å². The van der Waals surface area contributed by atoms with E-state index >= 15 is 0 Å². The lowest BCUT2D eigenvalue weighted by molar-refractivity contribution is -0.384. The van der Waals surface area contributed by atoms with Gasteiger partial charge >= 0.3 is 5.69 Å². The number of amides is 1. The number of carbonyl (C=O) groups is 1. The van der Waals surface area contributed by atoms with E-state index in [1.54, 1.807) is 19.4 Å². The molecule has 11 heterocycles. The van der Waals surface area contributed by atoms with E-state index in [9.17, 15) is 23.3 Å². The number of hydrogen-bond acceptors (Lipinski definition) is 20. The predicted molar refractivity (Wildman–Crippen MR) is 322 cm³/mol. The van der Waals surface area contributed by atoms with Crippen molar-refractivity contribution in [2.45, 2.75) is 107 Å². The minimum Gasteiger partial charge on any atom is -0.493 e. The van der Waals surface area contributed by atoms with E-state index in [4.69, 9.17) is 38.4 Å². The van der Waals surface area contributed by atoms with E-state index < -0.39 is 37.7 Å². The number of carbonyl (C=O) groups excluding carboxylic acids is 1. The first kappa shape index (κ1) is 56.5. The van der Waals surface area contributed by atoms with E-state index in [1.165, 1.54) is 11.1 Å². The maximum absolute atomic E-state index is 14.9. The molecule has 0 radical (unpaired) electrons. The first-order valence-electron chi connectivity index (χ1n) is 30.3. The summed E-state index contributed by atoms with van der Waals surface area (Å²) < 4.78 is 66.7. The molecule has 454 valence electrons. The lowest BCUT2D eigenvalue weighted by Crippen LogP contribution is -2.59. The van der Waals surface area contributed by atoms with Crippen molar-refractivity contribution in [1.29, 1.82) is 0 Å². The molecule has 8 aliphatic rings. The molecule has 6 fully saturated rings. The Morgan fingerprint density at radius 1 is 0.895 bits per heavy atom. The molecule has 3 N–H and O–H groups in total. The number of piperidine rings is 1. The summed E-state index contributed by atoms with van der Waals surface area (Å²) in [6, 6.07) is 21.6. The van der Waals surface area contributed by atoms with Crippen LogP contribution in [0.5, 0.6) is 17.5 Å². The molecule has 0 unspecified atom stereocenters. The summed E-state index contributed by atoms with van der Waals surface area (Å²) in [5.41, 5.74) is 6.15. The lowest BCUT2D eigenvalue weighted by Gasteiger charge is -2.58. The van der Waals surface area contributed by atoms with Crippen LogP contribution in [0.3, 0.4) is 0 Å². The highest BCUT2D eigenvalue weighted by Gasteiger charge is 2.51. The molecule has 24 heteroatoms. The third-order valence-corrected chi connectivity index (χ3v) is 20.7. The number of hydrogen-bond donors (Lipinski definition) is 3. The molecule has 5 saturated heterocycles. The molecule has 5 atom stereocenters. The average molecular weight is 1200 g/mol. The van der Waals surface area contributed by atoms with Gasteiger partial charge in [0.1, 0.15) is 24.0 Å². The van der Waals surface area contributed by atoms with Gasteiger partial charge in [0.2, 0.25) is 11.8 Å². The number of pyridine rings is 3. The Morgan fingerprint density at radius 3 is 2.51 bits per heavy atom. The summed E-state index contributed by atoms with van der Waals surface area (Å²) in [6.45, 7) is 13.7. The third kappa shape index (κ3) is 10.7. The normalized spacial score (nSPS) is 24.6. The van der Waals surface area contributed by atoms with Crippen LogP contribution in [0, 0.1) is 28.4 Å². The molecule has 0 bridgehead atoms. The summed E-state index contributed by atoms with van der Waals surface area (Å²) in [5, 5.41) is 15.9. The Morgan fingerprint density at radius 2 is 1.71 bits per heavy atom. The summed E-state index contributed by atoms with van der Waals surface area (Å²) in [4.78, 5) is 56.2. The summed E-state index contributed by atoms with van der Waals surface area (Å²) >= 11 is 0. The van der Waals surface area contributed by atoms with Gasteiger partial charge in [0.15, 0.2) is 22.3 Å². The standard InChI is InChI=1S/C62H74N12O11S/c1-38-6-4-5-7-45(38)52-34-69(33-40-26-53(80-3)58(64-32-40)71-21-25-83-35-39(71)2)19-20-72(52)44-30-62(31-44)14-17-70(18-15-62)43-8-9-46(49(28-43)73-48-13-24-82-37-54(48)85-60-51(73)27-42-10-16-63-57(42)67-60)59(75)68-86(78,79)55-29-50(74(76)77)56-61(66-55)84-36-47(65-56)41-11-22-81-23-12-41/h4-10,16,26-29,32,39,41,44,47-48,52,54,65H,11-15,17-25,30-31,33-37H2,1-3H3,(H,63,67)(H,68,75)/t39-,47-,48+,52+,54+/m1/s1. The van der Waals surface area contributed by atoms with Gasteiger partial charge < -0.3 is 53.4 Å². The van der Waals surface area contributed by atoms with Crippen LogP contribution in [-0.2, 0) is 30.8 Å². The van der Waals surface area contributed by atoms with Gasteiger partial charge in [-0.2, -0.15) is 18.4 Å². The molecule has 1 aliphatic carbocycles. The second kappa shape index (κ2) is 23.1. The molecule has 2 aromatic carbocycles. The van der Waals surface area contributed by atoms with Crippen LogP contribution >= 0.6 is 0 Å². The largest absolute Gasteiger partial charge is 0.493 e. The van der Waals surface area contributed by atoms with Gasteiger partial charge in [-0.1, -0.05) is 24.3 Å². The molecule has 23 nitrogen and oxygen atoms in total. The SMILES string of the molecule is COc1cc(CN2CCN(C3CC4(CCN(c5ccc(C(=O)NS(=O)(=O)c6cc([N+](=O)[O-])c7c(n6)OC[C@H](C6CCOCC6)N7)c(N6c7cc8cc[nH]c8nc7O[C@H]7COCC[C@@H]76)c5)CC4)C3)[C@H](c3ccccc3C)C2)cnc1N1CCOC[C@H]1C. The van der Waals surface area contributed by atoms with Crippen LogP contribution in [0.2, 0.25) is 0 Å². The van der Waals surface area contributed by atoms with Crippen LogP contribution in [0.1, 0.15) is 85.0 Å². The zero-order valence-electron chi connectivity index (χ0n) is 48.8. The number of nitrogens with zero attached hydrogens (tertiary/aromatic N) is 9. The molecule has 1 spiro atoms. The number of nitrogens with one attached hydrogen (secondary N) is 3. The van der Waals surface area contributed by atoms with Crippen LogP contribution < -0.4 is 38.9 Å². The molecule has 1 amide bonds. The minimum absolute atomic E-state index is 0.00211. The zero-order chi connectivity index (χ0) is 58.8. The van der Waals surface area contributed by atoms with E-state index in [1.807, 2.05) is 30.5 Å². The van der Waals surface area contributed by atoms with Gasteiger partial charge in [-0.15, -0.1) is 0 Å². The van der Waals surface area contributed by atoms with E-state index in [0.717, 1.165) is 119 Å². The van der Waals surface area contributed by atoms with Crippen molar-refractivity contribution < 1.29 is 46.6 Å². The van der Waals surface area contributed by atoms with E-state index in [0.29, 0.717) is 68.4 Å². The lowest BCUT2D eigenvalue weighted by atomic mass is 9.59. The average Bonchev–Trinajstić information content (AvgIpc) is 1.15. The van der Waals surface area contributed by atoms with Crippen molar-refractivity contribution in [2.24, 2.45) is 11.3 Å². The van der Waals surface area contributed by atoms with Crippen molar-refractivity contribution in [3.8, 4) is 17.5 Å². The zero-order valence-corrected chi connectivity index (χ0v) is 49.6. The Labute approximate surface area is 499 Å². The molecular weight excluding hydrogens is 1120 g/mol. The fourth-order valence-corrected chi connectivity index (χ4v) is 15.7. The minimum atomic E-state index is -4.83. The Balaban J connectivity index is 0.712. The van der Waals surface area contributed by atoms with Crippen molar-refractivity contribution in [1.82, 2.24) is 34.5 Å². The highest BCUT2D eigenvalue weighted by Crippen LogP contribution is 2.54. The van der Waals surface area contributed by atoms with Crippen molar-refractivity contribution in [3.63, 3.8) is 0 Å². The molecule has 4 aromatic heterocycles. The molecule has 14 rings (SSSR count). The third-order valence-electron chi connectivity index (χ3n) is 19.5. The number of benzene rings is 2. The number of rotatable bonds is 13.